The van der Waals surface area contributed by atoms with Crippen LogP contribution in [-0.4, -0.2) is 23.0 Å². The second kappa shape index (κ2) is 7.34. The van der Waals surface area contributed by atoms with Crippen LogP contribution in [0.4, 0.5) is 0 Å². The number of thiophene rings is 1. The van der Waals surface area contributed by atoms with Gasteiger partial charge in [-0.15, -0.1) is 11.3 Å². The van der Waals surface area contributed by atoms with Crippen LogP contribution in [0.2, 0.25) is 5.02 Å². The molecule has 0 fully saturated rings. The van der Waals surface area contributed by atoms with Gasteiger partial charge in [-0.05, 0) is 35.9 Å². The first kappa shape index (κ1) is 17.5. The van der Waals surface area contributed by atoms with Gasteiger partial charge in [-0.2, -0.15) is 0 Å². The molecule has 0 aliphatic carbocycles. The van der Waals surface area contributed by atoms with E-state index in [0.717, 1.165) is 21.3 Å². The van der Waals surface area contributed by atoms with Crippen LogP contribution in [0.5, 0.6) is 11.6 Å². The van der Waals surface area contributed by atoms with E-state index in [4.69, 9.17) is 21.1 Å². The molecular weight excluding hydrogens is 384 g/mol. The Balaban J connectivity index is 1.77. The van der Waals surface area contributed by atoms with Crippen molar-refractivity contribution in [1.29, 1.82) is 0 Å². The number of nitrogens with zero attached hydrogens (tertiary/aromatic N) is 2. The highest BCUT2D eigenvalue weighted by Crippen LogP contribution is 2.39. The fourth-order valence-corrected chi connectivity index (χ4v) is 3.72. The molecule has 4 rings (SSSR count). The molecule has 27 heavy (non-hydrogen) atoms. The van der Waals surface area contributed by atoms with Crippen LogP contribution >= 0.6 is 22.9 Å². The maximum Gasteiger partial charge on any atom is 0.337 e. The lowest BCUT2D eigenvalue weighted by Gasteiger charge is -2.08. The second-order valence-electron chi connectivity index (χ2n) is 5.64. The molecule has 7 heteroatoms. The normalized spacial score (nSPS) is 10.7. The molecule has 0 spiro atoms. The molecule has 0 bridgehead atoms. The summed E-state index contributed by atoms with van der Waals surface area (Å²) in [6, 6.07) is 14.3. The number of esters is 1. The highest BCUT2D eigenvalue weighted by Gasteiger charge is 2.15. The Morgan fingerprint density at radius 1 is 1.11 bits per heavy atom. The van der Waals surface area contributed by atoms with E-state index in [0.29, 0.717) is 22.2 Å². The van der Waals surface area contributed by atoms with E-state index in [-0.39, 0.29) is 0 Å². The van der Waals surface area contributed by atoms with Crippen molar-refractivity contribution < 1.29 is 14.3 Å². The maximum atomic E-state index is 11.7. The number of ether oxygens (including phenoxy) is 2. The summed E-state index contributed by atoms with van der Waals surface area (Å²) in [6.45, 7) is 0. The third kappa shape index (κ3) is 3.49. The highest BCUT2D eigenvalue weighted by molar-refractivity contribution is 7.17. The second-order valence-corrected chi connectivity index (χ2v) is 6.93. The van der Waals surface area contributed by atoms with Crippen molar-refractivity contribution in [2.75, 3.05) is 7.11 Å². The molecule has 0 amide bonds. The first-order valence-corrected chi connectivity index (χ1v) is 9.26. The minimum absolute atomic E-state index is 0.406. The summed E-state index contributed by atoms with van der Waals surface area (Å²) in [4.78, 5) is 21.2. The lowest BCUT2D eigenvalue weighted by Crippen LogP contribution is -2.01. The number of rotatable bonds is 4. The maximum absolute atomic E-state index is 11.7. The van der Waals surface area contributed by atoms with Crippen LogP contribution < -0.4 is 4.74 Å². The van der Waals surface area contributed by atoms with Gasteiger partial charge in [-0.3, -0.25) is 0 Å². The Hall–Kier alpha value is -2.96. The fraction of sp³-hybridized carbons (Fsp3) is 0.0500. The zero-order valence-electron chi connectivity index (χ0n) is 14.2. The minimum atomic E-state index is -0.425. The molecule has 2 heterocycles. The van der Waals surface area contributed by atoms with E-state index < -0.39 is 5.97 Å². The van der Waals surface area contributed by atoms with E-state index in [9.17, 15) is 4.79 Å². The van der Waals surface area contributed by atoms with Crippen molar-refractivity contribution in [3.05, 3.63) is 70.8 Å². The average molecular weight is 397 g/mol. The molecule has 4 aromatic rings. The van der Waals surface area contributed by atoms with Crippen LogP contribution in [0.3, 0.4) is 0 Å². The predicted molar refractivity (Wildman–Crippen MR) is 106 cm³/mol. The monoisotopic (exact) mass is 396 g/mol. The molecule has 2 aromatic carbocycles. The van der Waals surface area contributed by atoms with Gasteiger partial charge in [0.25, 0.3) is 0 Å². The predicted octanol–water partition coefficient (Wildman–Crippen LogP) is 5.59. The topological polar surface area (TPSA) is 61.3 Å². The summed E-state index contributed by atoms with van der Waals surface area (Å²) in [6.07, 6.45) is 1.46. The van der Waals surface area contributed by atoms with Gasteiger partial charge >= 0.3 is 5.97 Å². The van der Waals surface area contributed by atoms with Crippen LogP contribution in [0, 0.1) is 0 Å². The van der Waals surface area contributed by atoms with Crippen molar-refractivity contribution in [1.82, 2.24) is 9.97 Å². The van der Waals surface area contributed by atoms with Crippen LogP contribution in [0.1, 0.15) is 10.4 Å². The molecule has 0 unspecified atom stereocenters. The molecule has 2 aromatic heterocycles. The summed E-state index contributed by atoms with van der Waals surface area (Å²) < 4.78 is 10.7. The van der Waals surface area contributed by atoms with Gasteiger partial charge < -0.3 is 9.47 Å². The first-order chi connectivity index (χ1) is 13.2. The van der Waals surface area contributed by atoms with E-state index in [2.05, 4.69) is 9.97 Å². The molecule has 0 saturated carbocycles. The Kier molecular flexibility index (Phi) is 4.75. The van der Waals surface area contributed by atoms with Gasteiger partial charge in [0.2, 0.25) is 5.88 Å². The molecule has 0 N–H and O–H groups in total. The first-order valence-electron chi connectivity index (χ1n) is 8.00. The Labute approximate surface area is 164 Å². The highest BCUT2D eigenvalue weighted by atomic mass is 35.5. The SMILES string of the molecule is COC(=O)c1cccc(Oc2ncnc3scc(-c4ccc(Cl)cc4)c23)c1. The number of halogens is 1. The van der Waals surface area contributed by atoms with E-state index in [1.165, 1.54) is 24.8 Å². The van der Waals surface area contributed by atoms with Crippen molar-refractivity contribution >= 4 is 39.1 Å². The largest absolute Gasteiger partial charge is 0.465 e. The van der Waals surface area contributed by atoms with Crippen LogP contribution in [0.15, 0.2) is 60.2 Å². The third-order valence-electron chi connectivity index (χ3n) is 3.96. The number of hydrogen-bond acceptors (Lipinski definition) is 6. The van der Waals surface area contributed by atoms with Crippen LogP contribution in [-0.2, 0) is 4.74 Å². The number of carbonyl (C=O) groups is 1. The third-order valence-corrected chi connectivity index (χ3v) is 5.10. The lowest BCUT2D eigenvalue weighted by atomic mass is 10.1. The molecular formula is C20H13ClN2O3S. The quantitative estimate of drug-likeness (QED) is 0.421. The number of benzene rings is 2. The standard InChI is InChI=1S/C20H13ClN2O3S/c1-25-20(24)13-3-2-4-15(9-13)26-18-17-16(10-27-19(17)23-11-22-18)12-5-7-14(21)8-6-12/h2-11H,1H3. The van der Waals surface area contributed by atoms with Gasteiger partial charge in [0.05, 0.1) is 18.1 Å². The molecule has 134 valence electrons. The average Bonchev–Trinajstić information content (AvgIpc) is 3.13. The van der Waals surface area contributed by atoms with Crippen molar-refractivity contribution in [2.45, 2.75) is 0 Å². The zero-order valence-corrected chi connectivity index (χ0v) is 15.8. The van der Waals surface area contributed by atoms with Crippen molar-refractivity contribution in [2.24, 2.45) is 0 Å². The molecule has 0 radical (unpaired) electrons. The lowest BCUT2D eigenvalue weighted by molar-refractivity contribution is 0.0600. The smallest absolute Gasteiger partial charge is 0.337 e. The molecule has 0 atom stereocenters. The summed E-state index contributed by atoms with van der Waals surface area (Å²) in [5.41, 5.74) is 2.36. The molecule has 0 saturated heterocycles. The Morgan fingerprint density at radius 2 is 1.93 bits per heavy atom. The molecule has 0 aliphatic heterocycles. The molecule has 0 aliphatic rings. The summed E-state index contributed by atoms with van der Waals surface area (Å²) in [7, 11) is 1.34. The number of aromatic nitrogens is 2. The Morgan fingerprint density at radius 3 is 2.70 bits per heavy atom. The van der Waals surface area contributed by atoms with Gasteiger partial charge in [0.1, 0.15) is 16.9 Å². The number of methoxy groups -OCH3 is 1. The van der Waals surface area contributed by atoms with Gasteiger partial charge in [0, 0.05) is 16.0 Å². The summed E-state index contributed by atoms with van der Waals surface area (Å²) >= 11 is 7.51. The zero-order chi connectivity index (χ0) is 18.8. The Bertz CT molecular complexity index is 1130. The van der Waals surface area contributed by atoms with Crippen molar-refractivity contribution in [3.8, 4) is 22.8 Å². The number of carbonyl (C=O) groups excluding carboxylic acids is 1. The fourth-order valence-electron chi connectivity index (χ4n) is 2.68. The van der Waals surface area contributed by atoms with E-state index in [1.807, 2.05) is 29.6 Å². The van der Waals surface area contributed by atoms with E-state index in [1.54, 1.807) is 24.3 Å². The number of hydrogen-bond donors (Lipinski definition) is 0. The van der Waals surface area contributed by atoms with Crippen molar-refractivity contribution in [3.63, 3.8) is 0 Å². The van der Waals surface area contributed by atoms with Crippen LogP contribution in [0.25, 0.3) is 21.3 Å². The van der Waals surface area contributed by atoms with Gasteiger partial charge in [-0.25, -0.2) is 14.8 Å². The van der Waals surface area contributed by atoms with Gasteiger partial charge in [-0.1, -0.05) is 29.8 Å². The summed E-state index contributed by atoms with van der Waals surface area (Å²) in [5.74, 6) is 0.491. The van der Waals surface area contributed by atoms with Gasteiger partial charge in [0.15, 0.2) is 0 Å². The summed E-state index contributed by atoms with van der Waals surface area (Å²) in [5, 5.41) is 3.50. The number of fused-ring (bicyclic) bond motifs is 1. The van der Waals surface area contributed by atoms with E-state index >= 15 is 0 Å². The molecule has 5 nitrogen and oxygen atoms in total. The minimum Gasteiger partial charge on any atom is -0.465 e.